The summed E-state index contributed by atoms with van der Waals surface area (Å²) in [6.45, 7) is 9.25. The van der Waals surface area contributed by atoms with Crippen molar-refractivity contribution in [2.45, 2.75) is 34.1 Å². The van der Waals surface area contributed by atoms with E-state index in [0.29, 0.717) is 24.9 Å². The first-order valence-electron chi connectivity index (χ1n) is 5.43. The second kappa shape index (κ2) is 12.9. The highest BCUT2D eigenvalue weighted by Crippen LogP contribution is 1.93. The van der Waals surface area contributed by atoms with Crippen molar-refractivity contribution in [3.8, 4) is 0 Å². The van der Waals surface area contributed by atoms with Gasteiger partial charge in [0.05, 0.1) is 14.2 Å². The summed E-state index contributed by atoms with van der Waals surface area (Å²) in [5, 5.41) is 0. The Morgan fingerprint density at radius 1 is 0.933 bits per heavy atom. The van der Waals surface area contributed by atoms with E-state index in [4.69, 9.17) is 9.47 Å². The number of nitrogens with zero attached hydrogens (tertiary/aromatic N) is 2. The Kier molecular flexibility index (Phi) is 14.1. The molecule has 0 bridgehead atoms. The molecule has 1 rings (SSSR count). The summed E-state index contributed by atoms with van der Waals surface area (Å²) in [4.78, 5) is 8.08. The van der Waals surface area contributed by atoms with Gasteiger partial charge in [-0.05, 0) is 0 Å². The van der Waals surface area contributed by atoms with Crippen LogP contribution in [0.1, 0.15) is 34.1 Å². The highest BCUT2D eigenvalue weighted by molar-refractivity contribution is 5.89. The van der Waals surface area contributed by atoms with Crippen molar-refractivity contribution in [1.82, 2.24) is 0 Å². The van der Waals surface area contributed by atoms with Crippen LogP contribution in [0.2, 0.25) is 0 Å². The summed E-state index contributed by atoms with van der Waals surface area (Å²) in [6, 6.07) is 0. The van der Waals surface area contributed by atoms with E-state index in [1.807, 2.05) is 13.8 Å². The largest absolute Gasteiger partial charge is 0.483 e. The molecule has 90 valence electrons. The molecule has 0 aromatic carbocycles. The molecule has 0 aromatic heterocycles. The molecule has 1 aliphatic rings. The number of rotatable bonds is 0. The monoisotopic (exact) mass is 216 g/mol. The van der Waals surface area contributed by atoms with Gasteiger partial charge >= 0.3 is 0 Å². The number of ether oxygens (including phenoxy) is 2. The fourth-order valence-electron chi connectivity index (χ4n) is 0.670. The number of methoxy groups -OCH3 is 2. The van der Waals surface area contributed by atoms with E-state index in [0.717, 1.165) is 0 Å². The summed E-state index contributed by atoms with van der Waals surface area (Å²) in [5.74, 6) is 1.33. The molecule has 0 saturated carbocycles. The van der Waals surface area contributed by atoms with E-state index in [2.05, 4.69) is 23.8 Å². The second-order valence-corrected chi connectivity index (χ2v) is 2.54. The normalized spacial score (nSPS) is 13.2. The lowest BCUT2D eigenvalue weighted by Gasteiger charge is -2.09. The molecule has 0 N–H and O–H groups in total. The Labute approximate surface area is 93.4 Å². The summed E-state index contributed by atoms with van der Waals surface area (Å²) >= 11 is 0. The zero-order valence-electron chi connectivity index (χ0n) is 10.8. The fraction of sp³-hybridized carbons (Fsp3) is 0.818. The van der Waals surface area contributed by atoms with Crippen molar-refractivity contribution >= 4 is 11.8 Å². The maximum atomic E-state index is 4.87. The molecule has 1 heterocycles. The summed E-state index contributed by atoms with van der Waals surface area (Å²) < 4.78 is 9.74. The van der Waals surface area contributed by atoms with Gasteiger partial charge in [-0.3, -0.25) is 0 Å². The van der Waals surface area contributed by atoms with Crippen molar-refractivity contribution < 1.29 is 9.47 Å². The third kappa shape index (κ3) is 9.25. The van der Waals surface area contributed by atoms with Gasteiger partial charge in [-0.1, -0.05) is 34.1 Å². The third-order valence-corrected chi connectivity index (χ3v) is 1.25. The fourth-order valence-corrected chi connectivity index (χ4v) is 0.670. The zero-order chi connectivity index (χ0) is 12.1. The number of aliphatic imine (C=N–C) groups is 2. The van der Waals surface area contributed by atoms with Crippen LogP contribution < -0.4 is 0 Å². The molecule has 0 spiro atoms. The van der Waals surface area contributed by atoms with E-state index < -0.39 is 0 Å². The van der Waals surface area contributed by atoms with Gasteiger partial charge in [-0.25, -0.2) is 9.98 Å². The van der Waals surface area contributed by atoms with Crippen LogP contribution in [0.25, 0.3) is 0 Å². The number of hydrogen-bond acceptors (Lipinski definition) is 4. The lowest BCUT2D eigenvalue weighted by molar-refractivity contribution is 0.374. The molecular formula is C11H24N2O2. The maximum Gasteiger partial charge on any atom is 0.205 e. The average molecular weight is 216 g/mol. The van der Waals surface area contributed by atoms with Gasteiger partial charge in [0.15, 0.2) is 0 Å². The zero-order valence-corrected chi connectivity index (χ0v) is 10.8. The molecule has 4 nitrogen and oxygen atoms in total. The quantitative estimate of drug-likeness (QED) is 0.624. The van der Waals surface area contributed by atoms with Crippen molar-refractivity contribution in [3.63, 3.8) is 0 Å². The average Bonchev–Trinajstić information content (AvgIpc) is 2.33. The van der Waals surface area contributed by atoms with Crippen LogP contribution in [0.5, 0.6) is 0 Å². The minimum Gasteiger partial charge on any atom is -0.483 e. The molecule has 4 heteroatoms. The van der Waals surface area contributed by atoms with Crippen LogP contribution in [0.4, 0.5) is 0 Å². The molecular weight excluding hydrogens is 192 g/mol. The Balaban J connectivity index is 0. The van der Waals surface area contributed by atoms with Crippen LogP contribution in [-0.2, 0) is 9.47 Å². The molecule has 0 amide bonds. The first-order valence-corrected chi connectivity index (χ1v) is 5.43. The van der Waals surface area contributed by atoms with Gasteiger partial charge in [-0.15, -0.1) is 0 Å². The predicted molar refractivity (Wildman–Crippen MR) is 65.9 cm³/mol. The Hall–Kier alpha value is -1.06. The van der Waals surface area contributed by atoms with E-state index in [1.165, 1.54) is 6.42 Å². The predicted octanol–water partition coefficient (Wildman–Crippen LogP) is 2.53. The molecule has 0 radical (unpaired) electrons. The van der Waals surface area contributed by atoms with Crippen molar-refractivity contribution in [3.05, 3.63) is 0 Å². The SMILES string of the molecule is CC.CCC.COC1=NCC(OC)=NC1. The highest BCUT2D eigenvalue weighted by atomic mass is 16.5. The Morgan fingerprint density at radius 3 is 1.33 bits per heavy atom. The molecule has 0 fully saturated rings. The summed E-state index contributed by atoms with van der Waals surface area (Å²) in [5.41, 5.74) is 0. The van der Waals surface area contributed by atoms with Gasteiger partial charge < -0.3 is 9.47 Å². The number of hydrogen-bond donors (Lipinski definition) is 0. The van der Waals surface area contributed by atoms with Crippen molar-refractivity contribution in [1.29, 1.82) is 0 Å². The first-order chi connectivity index (χ1) is 7.28. The Bertz CT molecular complexity index is 169. The van der Waals surface area contributed by atoms with Crippen molar-refractivity contribution in [2.24, 2.45) is 9.98 Å². The molecule has 15 heavy (non-hydrogen) atoms. The van der Waals surface area contributed by atoms with E-state index >= 15 is 0 Å². The lowest BCUT2D eigenvalue weighted by atomic mass is 10.5. The van der Waals surface area contributed by atoms with Gasteiger partial charge in [0.25, 0.3) is 0 Å². The van der Waals surface area contributed by atoms with Gasteiger partial charge in [-0.2, -0.15) is 0 Å². The minimum atomic E-state index is 0.500. The van der Waals surface area contributed by atoms with Crippen LogP contribution >= 0.6 is 0 Å². The van der Waals surface area contributed by atoms with E-state index in [1.54, 1.807) is 14.2 Å². The van der Waals surface area contributed by atoms with E-state index in [9.17, 15) is 0 Å². The molecule has 0 unspecified atom stereocenters. The van der Waals surface area contributed by atoms with Crippen LogP contribution in [-0.4, -0.2) is 39.1 Å². The first kappa shape index (κ1) is 16.4. The van der Waals surface area contributed by atoms with Gasteiger partial charge in [0.2, 0.25) is 11.8 Å². The molecule has 1 aliphatic heterocycles. The van der Waals surface area contributed by atoms with Gasteiger partial charge in [0, 0.05) is 0 Å². The molecule has 0 atom stereocenters. The standard InChI is InChI=1S/C6H10N2O2.C3H8.C2H6/c1-9-5-3-8-6(10-2)4-7-5;1-3-2;1-2/h3-4H2,1-2H3;3H2,1-2H3;1-2H3. The molecule has 0 saturated heterocycles. The van der Waals surface area contributed by atoms with Crippen LogP contribution in [0, 0.1) is 0 Å². The smallest absolute Gasteiger partial charge is 0.205 e. The second-order valence-electron chi connectivity index (χ2n) is 2.54. The van der Waals surface area contributed by atoms with Crippen molar-refractivity contribution in [2.75, 3.05) is 27.3 Å². The maximum absolute atomic E-state index is 4.87. The highest BCUT2D eigenvalue weighted by Gasteiger charge is 2.06. The lowest BCUT2D eigenvalue weighted by Crippen LogP contribution is -2.19. The van der Waals surface area contributed by atoms with Crippen LogP contribution in [0.3, 0.4) is 0 Å². The molecule has 0 aromatic rings. The Morgan fingerprint density at radius 2 is 1.20 bits per heavy atom. The van der Waals surface area contributed by atoms with Crippen LogP contribution in [0.15, 0.2) is 9.98 Å². The topological polar surface area (TPSA) is 43.2 Å². The van der Waals surface area contributed by atoms with Gasteiger partial charge in [0.1, 0.15) is 13.1 Å². The summed E-state index contributed by atoms with van der Waals surface area (Å²) in [6.07, 6.45) is 1.25. The molecule has 0 aliphatic carbocycles. The van der Waals surface area contributed by atoms with E-state index in [-0.39, 0.29) is 0 Å². The summed E-state index contributed by atoms with van der Waals surface area (Å²) in [7, 11) is 3.18. The minimum absolute atomic E-state index is 0.500. The third-order valence-electron chi connectivity index (χ3n) is 1.25.